The fourth-order valence-electron chi connectivity index (χ4n) is 1.83. The number of hydrogen-bond donors (Lipinski definition) is 1. The molecule has 0 fully saturated rings. The zero-order chi connectivity index (χ0) is 8.97. The van der Waals surface area contributed by atoms with Gasteiger partial charge in [-0.2, -0.15) is 0 Å². The van der Waals surface area contributed by atoms with Gasteiger partial charge in [0, 0.05) is 25.7 Å². The Morgan fingerprint density at radius 1 is 1.33 bits per heavy atom. The summed E-state index contributed by atoms with van der Waals surface area (Å²) in [4.78, 5) is 2.42. The quantitative estimate of drug-likeness (QED) is 0.641. The highest BCUT2D eigenvalue weighted by Gasteiger charge is 2.21. The highest BCUT2D eigenvalue weighted by atomic mass is 16.3. The van der Waals surface area contributed by atoms with E-state index in [0.29, 0.717) is 18.6 Å². The average molecular weight is 169 g/mol. The van der Waals surface area contributed by atoms with E-state index in [1.807, 2.05) is 0 Å². The summed E-state index contributed by atoms with van der Waals surface area (Å²) in [5.74, 6) is 0.636. The van der Waals surface area contributed by atoms with E-state index in [-0.39, 0.29) is 0 Å². The van der Waals surface area contributed by atoms with Crippen LogP contribution >= 0.6 is 0 Å². The Balaban J connectivity index is 2.41. The summed E-state index contributed by atoms with van der Waals surface area (Å²) >= 11 is 0. The van der Waals surface area contributed by atoms with Gasteiger partial charge in [0.2, 0.25) is 0 Å². The minimum Gasteiger partial charge on any atom is -0.396 e. The molecule has 1 aliphatic rings. The highest BCUT2D eigenvalue weighted by Crippen LogP contribution is 2.16. The van der Waals surface area contributed by atoms with Crippen LogP contribution in [0.15, 0.2) is 12.2 Å². The number of nitrogens with zero attached hydrogens (tertiary/aromatic N) is 1. The first-order chi connectivity index (χ1) is 5.75. The third kappa shape index (κ3) is 2.32. The highest BCUT2D eigenvalue weighted by molar-refractivity contribution is 4.98. The maximum atomic E-state index is 8.90. The van der Waals surface area contributed by atoms with E-state index in [0.717, 1.165) is 19.5 Å². The van der Waals surface area contributed by atoms with Crippen molar-refractivity contribution in [3.63, 3.8) is 0 Å². The van der Waals surface area contributed by atoms with Crippen molar-refractivity contribution in [1.29, 1.82) is 0 Å². The van der Waals surface area contributed by atoms with Gasteiger partial charge in [0.05, 0.1) is 0 Å². The molecule has 0 aromatic rings. The van der Waals surface area contributed by atoms with E-state index < -0.39 is 0 Å². The molecule has 0 aromatic heterocycles. The minimum absolute atomic E-state index is 0.305. The lowest BCUT2D eigenvalue weighted by molar-refractivity contribution is 0.153. The molecule has 1 atom stereocenters. The second-order valence-corrected chi connectivity index (χ2v) is 3.75. The molecule has 1 aliphatic heterocycles. The van der Waals surface area contributed by atoms with Crippen LogP contribution in [0.5, 0.6) is 0 Å². The average Bonchev–Trinajstić information content (AvgIpc) is 2.51. The van der Waals surface area contributed by atoms with Crippen LogP contribution in [0.1, 0.15) is 20.3 Å². The summed E-state index contributed by atoms with van der Waals surface area (Å²) < 4.78 is 0. The SMILES string of the molecule is CC(C)C(CCO)N1CC=CC1. The molecule has 0 spiro atoms. The van der Waals surface area contributed by atoms with Crippen LogP contribution in [0.3, 0.4) is 0 Å². The molecule has 0 aromatic carbocycles. The van der Waals surface area contributed by atoms with Crippen molar-refractivity contribution in [2.24, 2.45) is 5.92 Å². The van der Waals surface area contributed by atoms with Gasteiger partial charge in [0.25, 0.3) is 0 Å². The van der Waals surface area contributed by atoms with E-state index in [1.165, 1.54) is 0 Å². The Kier molecular flexibility index (Phi) is 3.76. The van der Waals surface area contributed by atoms with Gasteiger partial charge in [0.1, 0.15) is 0 Å². The Hall–Kier alpha value is -0.340. The molecule has 0 radical (unpaired) electrons. The zero-order valence-electron chi connectivity index (χ0n) is 8.03. The van der Waals surface area contributed by atoms with Crippen LogP contribution in [-0.4, -0.2) is 35.7 Å². The van der Waals surface area contributed by atoms with E-state index in [1.54, 1.807) is 0 Å². The van der Waals surface area contributed by atoms with Gasteiger partial charge < -0.3 is 5.11 Å². The van der Waals surface area contributed by atoms with Crippen LogP contribution in [0, 0.1) is 5.92 Å². The largest absolute Gasteiger partial charge is 0.396 e. The molecule has 0 aliphatic carbocycles. The molecule has 2 nitrogen and oxygen atoms in total. The molecule has 0 bridgehead atoms. The second-order valence-electron chi connectivity index (χ2n) is 3.75. The van der Waals surface area contributed by atoms with Crippen LogP contribution in [-0.2, 0) is 0 Å². The Morgan fingerprint density at radius 2 is 1.92 bits per heavy atom. The molecule has 0 amide bonds. The van der Waals surface area contributed by atoms with E-state index in [2.05, 4.69) is 30.9 Å². The predicted octanol–water partition coefficient (Wildman–Crippen LogP) is 1.27. The number of hydrogen-bond acceptors (Lipinski definition) is 2. The summed E-state index contributed by atoms with van der Waals surface area (Å²) in [7, 11) is 0. The second kappa shape index (κ2) is 4.63. The number of aliphatic hydroxyl groups is 1. The molecular formula is C10H19NO. The molecule has 12 heavy (non-hydrogen) atoms. The van der Waals surface area contributed by atoms with Crippen molar-refractivity contribution < 1.29 is 5.11 Å². The normalized spacial score (nSPS) is 20.7. The van der Waals surface area contributed by atoms with Crippen molar-refractivity contribution >= 4 is 0 Å². The summed E-state index contributed by atoms with van der Waals surface area (Å²) in [6.45, 7) is 6.86. The van der Waals surface area contributed by atoms with Crippen molar-refractivity contribution in [2.45, 2.75) is 26.3 Å². The number of rotatable bonds is 4. The van der Waals surface area contributed by atoms with Crippen molar-refractivity contribution in [2.75, 3.05) is 19.7 Å². The molecular weight excluding hydrogens is 150 g/mol. The monoisotopic (exact) mass is 169 g/mol. The van der Waals surface area contributed by atoms with Gasteiger partial charge in [0.15, 0.2) is 0 Å². The summed E-state index contributed by atoms with van der Waals surface area (Å²) in [5.41, 5.74) is 0. The lowest BCUT2D eigenvalue weighted by Gasteiger charge is -2.30. The van der Waals surface area contributed by atoms with Crippen LogP contribution in [0.4, 0.5) is 0 Å². The lowest BCUT2D eigenvalue weighted by atomic mass is 10.00. The van der Waals surface area contributed by atoms with Gasteiger partial charge in [-0.15, -0.1) is 0 Å². The third-order valence-electron chi connectivity index (χ3n) is 2.51. The molecule has 1 rings (SSSR count). The minimum atomic E-state index is 0.305. The zero-order valence-corrected chi connectivity index (χ0v) is 8.03. The Bertz CT molecular complexity index is 146. The molecule has 1 heterocycles. The third-order valence-corrected chi connectivity index (χ3v) is 2.51. The lowest BCUT2D eigenvalue weighted by Crippen LogP contribution is -2.37. The van der Waals surface area contributed by atoms with Gasteiger partial charge >= 0.3 is 0 Å². The first kappa shape index (κ1) is 9.75. The molecule has 70 valence electrons. The fourth-order valence-corrected chi connectivity index (χ4v) is 1.83. The smallest absolute Gasteiger partial charge is 0.0446 e. The van der Waals surface area contributed by atoms with Crippen molar-refractivity contribution in [1.82, 2.24) is 4.90 Å². The summed E-state index contributed by atoms with van der Waals surface area (Å²) in [6.07, 6.45) is 5.30. The van der Waals surface area contributed by atoms with Crippen molar-refractivity contribution in [3.8, 4) is 0 Å². The van der Waals surface area contributed by atoms with Gasteiger partial charge in [-0.05, 0) is 12.3 Å². The summed E-state index contributed by atoms with van der Waals surface area (Å²) in [6, 6.07) is 0.546. The van der Waals surface area contributed by atoms with E-state index in [9.17, 15) is 0 Å². The maximum Gasteiger partial charge on any atom is 0.0446 e. The van der Waals surface area contributed by atoms with Crippen LogP contribution in [0.2, 0.25) is 0 Å². The standard InChI is InChI=1S/C10H19NO/c1-9(2)10(5-8-12)11-6-3-4-7-11/h3-4,9-10,12H,5-8H2,1-2H3. The topological polar surface area (TPSA) is 23.5 Å². The van der Waals surface area contributed by atoms with E-state index >= 15 is 0 Å². The molecule has 1 N–H and O–H groups in total. The maximum absolute atomic E-state index is 8.90. The van der Waals surface area contributed by atoms with Crippen LogP contribution < -0.4 is 0 Å². The Labute approximate surface area is 74.9 Å². The van der Waals surface area contributed by atoms with Crippen molar-refractivity contribution in [3.05, 3.63) is 12.2 Å². The van der Waals surface area contributed by atoms with Gasteiger partial charge in [-0.1, -0.05) is 26.0 Å². The molecule has 0 saturated carbocycles. The first-order valence-corrected chi connectivity index (χ1v) is 4.75. The number of aliphatic hydroxyl groups excluding tert-OH is 1. The molecule has 1 unspecified atom stereocenters. The molecule has 2 heteroatoms. The Morgan fingerprint density at radius 3 is 2.33 bits per heavy atom. The fraction of sp³-hybridized carbons (Fsp3) is 0.800. The summed E-state index contributed by atoms with van der Waals surface area (Å²) in [5, 5.41) is 8.90. The predicted molar refractivity (Wildman–Crippen MR) is 51.0 cm³/mol. The van der Waals surface area contributed by atoms with Gasteiger partial charge in [-0.25, -0.2) is 0 Å². The van der Waals surface area contributed by atoms with Gasteiger partial charge in [-0.3, -0.25) is 4.90 Å². The molecule has 0 saturated heterocycles. The van der Waals surface area contributed by atoms with E-state index in [4.69, 9.17) is 5.11 Å². The first-order valence-electron chi connectivity index (χ1n) is 4.75. The van der Waals surface area contributed by atoms with Crippen LogP contribution in [0.25, 0.3) is 0 Å².